The molecule has 0 atom stereocenters. The third-order valence-corrected chi connectivity index (χ3v) is 6.85. The SMILES string of the molecule is O=C(c1cccc2c3c([nH]c12)CCCC3)N1CCC(c2nnc3ccccn23)CC1. The first-order valence-corrected chi connectivity index (χ1v) is 11.0. The highest BCUT2D eigenvalue weighted by Gasteiger charge is 2.29. The van der Waals surface area contributed by atoms with Crippen LogP contribution in [0.1, 0.15) is 59.0 Å². The maximum Gasteiger partial charge on any atom is 0.255 e. The molecular weight excluding hydrogens is 374 g/mol. The van der Waals surface area contributed by atoms with Gasteiger partial charge in [-0.1, -0.05) is 18.2 Å². The minimum Gasteiger partial charge on any atom is -0.358 e. The number of H-pyrrole nitrogens is 1. The maximum atomic E-state index is 13.4. The third-order valence-electron chi connectivity index (χ3n) is 6.85. The van der Waals surface area contributed by atoms with Gasteiger partial charge in [-0.3, -0.25) is 9.20 Å². The number of para-hydroxylation sites is 1. The minimum absolute atomic E-state index is 0.142. The molecule has 2 aliphatic rings. The normalized spacial score (nSPS) is 17.5. The molecule has 0 unspecified atom stereocenters. The molecule has 4 heterocycles. The number of pyridine rings is 1. The smallest absolute Gasteiger partial charge is 0.255 e. The molecule has 1 aromatic carbocycles. The molecule has 0 spiro atoms. The summed E-state index contributed by atoms with van der Waals surface area (Å²) in [7, 11) is 0. The van der Waals surface area contributed by atoms with Gasteiger partial charge in [0.25, 0.3) is 5.91 Å². The number of hydrogen-bond acceptors (Lipinski definition) is 3. The number of nitrogens with zero attached hydrogens (tertiary/aromatic N) is 4. The van der Waals surface area contributed by atoms with Crippen LogP contribution in [0.25, 0.3) is 16.6 Å². The maximum absolute atomic E-state index is 13.4. The zero-order chi connectivity index (χ0) is 20.1. The molecule has 1 aliphatic carbocycles. The number of nitrogens with one attached hydrogen (secondary N) is 1. The van der Waals surface area contributed by atoms with E-state index >= 15 is 0 Å². The van der Waals surface area contributed by atoms with Crippen LogP contribution >= 0.6 is 0 Å². The summed E-state index contributed by atoms with van der Waals surface area (Å²) in [5.41, 5.74) is 5.47. The van der Waals surface area contributed by atoms with Gasteiger partial charge < -0.3 is 9.88 Å². The number of aryl methyl sites for hydroxylation is 2. The van der Waals surface area contributed by atoms with Gasteiger partial charge in [0.15, 0.2) is 5.65 Å². The van der Waals surface area contributed by atoms with Crippen molar-refractivity contribution in [2.45, 2.75) is 44.4 Å². The molecule has 30 heavy (non-hydrogen) atoms. The predicted octanol–water partition coefficient (Wildman–Crippen LogP) is 4.11. The summed E-state index contributed by atoms with van der Waals surface area (Å²) in [5.74, 6) is 1.49. The fourth-order valence-corrected chi connectivity index (χ4v) is 5.26. The summed E-state index contributed by atoms with van der Waals surface area (Å²) in [6.07, 6.45) is 8.53. The molecule has 0 saturated carbocycles. The fraction of sp³-hybridized carbons (Fsp3) is 0.375. The summed E-state index contributed by atoms with van der Waals surface area (Å²) in [5, 5.41) is 9.96. The summed E-state index contributed by atoms with van der Waals surface area (Å²) in [6.45, 7) is 1.50. The summed E-state index contributed by atoms with van der Waals surface area (Å²) < 4.78 is 2.08. The van der Waals surface area contributed by atoms with Gasteiger partial charge >= 0.3 is 0 Å². The van der Waals surface area contributed by atoms with Crippen LogP contribution < -0.4 is 0 Å². The number of benzene rings is 1. The van der Waals surface area contributed by atoms with E-state index in [0.29, 0.717) is 5.92 Å². The van der Waals surface area contributed by atoms with Crippen LogP contribution in [0.15, 0.2) is 42.6 Å². The van der Waals surface area contributed by atoms with Crippen molar-refractivity contribution in [3.63, 3.8) is 0 Å². The Morgan fingerprint density at radius 2 is 1.87 bits per heavy atom. The molecule has 4 aromatic rings. The van der Waals surface area contributed by atoms with E-state index in [1.165, 1.54) is 29.5 Å². The van der Waals surface area contributed by atoms with E-state index in [9.17, 15) is 4.79 Å². The Hall–Kier alpha value is -3.15. The second-order valence-electron chi connectivity index (χ2n) is 8.57. The number of rotatable bonds is 2. The van der Waals surface area contributed by atoms with Crippen LogP contribution in [0.4, 0.5) is 0 Å². The van der Waals surface area contributed by atoms with Crippen LogP contribution in [-0.2, 0) is 12.8 Å². The first kappa shape index (κ1) is 17.7. The second kappa shape index (κ2) is 6.97. The molecule has 1 amide bonds. The Morgan fingerprint density at radius 3 is 2.77 bits per heavy atom. The average molecular weight is 399 g/mol. The van der Waals surface area contributed by atoms with Crippen LogP contribution in [0, 0.1) is 0 Å². The van der Waals surface area contributed by atoms with Gasteiger partial charge in [0.05, 0.1) is 11.1 Å². The molecule has 6 heteroatoms. The number of amides is 1. The number of likely N-dealkylation sites (tertiary alicyclic amines) is 1. The lowest BCUT2D eigenvalue weighted by Gasteiger charge is -2.31. The third kappa shape index (κ3) is 2.74. The number of aromatic nitrogens is 4. The molecule has 0 bridgehead atoms. The Kier molecular flexibility index (Phi) is 4.11. The standard InChI is InChI=1S/C24H25N5O/c30-24(19-8-5-7-18-17-6-1-2-9-20(17)25-22(18)19)28-14-11-16(12-15-28)23-27-26-21-10-3-4-13-29(21)23/h3-5,7-8,10,13,16,25H,1-2,6,9,11-12,14-15H2. The van der Waals surface area contributed by atoms with Crippen molar-refractivity contribution in [2.24, 2.45) is 0 Å². The molecule has 152 valence electrons. The highest BCUT2D eigenvalue weighted by atomic mass is 16.2. The first-order chi connectivity index (χ1) is 14.8. The Labute approximate surface area is 174 Å². The molecule has 0 radical (unpaired) electrons. The van der Waals surface area contributed by atoms with E-state index in [1.807, 2.05) is 41.4 Å². The highest BCUT2D eigenvalue weighted by Crippen LogP contribution is 2.32. The molecule has 1 fully saturated rings. The zero-order valence-corrected chi connectivity index (χ0v) is 17.0. The van der Waals surface area contributed by atoms with E-state index in [2.05, 4.69) is 25.6 Å². The summed E-state index contributed by atoms with van der Waals surface area (Å²) in [4.78, 5) is 19.0. The average Bonchev–Trinajstić information content (AvgIpc) is 3.40. The van der Waals surface area contributed by atoms with Gasteiger partial charge in [0.1, 0.15) is 5.82 Å². The van der Waals surface area contributed by atoms with Gasteiger partial charge in [-0.15, -0.1) is 10.2 Å². The van der Waals surface area contributed by atoms with Crippen molar-refractivity contribution in [1.82, 2.24) is 24.5 Å². The summed E-state index contributed by atoms with van der Waals surface area (Å²) in [6, 6.07) is 12.1. The monoisotopic (exact) mass is 399 g/mol. The lowest BCUT2D eigenvalue weighted by atomic mass is 9.94. The minimum atomic E-state index is 0.142. The van der Waals surface area contributed by atoms with Crippen molar-refractivity contribution in [2.75, 3.05) is 13.1 Å². The quantitative estimate of drug-likeness (QED) is 0.552. The molecular formula is C24H25N5O. The largest absolute Gasteiger partial charge is 0.358 e. The van der Waals surface area contributed by atoms with Crippen molar-refractivity contribution in [1.29, 1.82) is 0 Å². The van der Waals surface area contributed by atoms with Crippen molar-refractivity contribution in [3.05, 3.63) is 65.2 Å². The number of hydrogen-bond donors (Lipinski definition) is 1. The topological polar surface area (TPSA) is 66.3 Å². The van der Waals surface area contributed by atoms with Crippen molar-refractivity contribution >= 4 is 22.5 Å². The zero-order valence-electron chi connectivity index (χ0n) is 17.0. The second-order valence-corrected chi connectivity index (χ2v) is 8.57. The Balaban J connectivity index is 1.24. The van der Waals surface area contributed by atoms with Gasteiger partial charge in [0.2, 0.25) is 0 Å². The Bertz CT molecular complexity index is 1250. The Morgan fingerprint density at radius 1 is 1.00 bits per heavy atom. The number of piperidine rings is 1. The molecule has 1 N–H and O–H groups in total. The van der Waals surface area contributed by atoms with E-state index in [4.69, 9.17) is 0 Å². The molecule has 6 nitrogen and oxygen atoms in total. The molecule has 3 aromatic heterocycles. The van der Waals surface area contributed by atoms with Gasteiger partial charge in [0, 0.05) is 36.3 Å². The summed E-state index contributed by atoms with van der Waals surface area (Å²) >= 11 is 0. The number of carbonyl (C=O) groups excluding carboxylic acids is 1. The van der Waals surface area contributed by atoms with Crippen LogP contribution in [-0.4, -0.2) is 43.5 Å². The number of carbonyl (C=O) groups is 1. The number of aromatic amines is 1. The van der Waals surface area contributed by atoms with Crippen LogP contribution in [0.2, 0.25) is 0 Å². The van der Waals surface area contributed by atoms with Gasteiger partial charge in [-0.05, 0) is 62.3 Å². The van der Waals surface area contributed by atoms with Crippen molar-refractivity contribution in [3.8, 4) is 0 Å². The lowest BCUT2D eigenvalue weighted by molar-refractivity contribution is 0.0712. The van der Waals surface area contributed by atoms with E-state index in [1.54, 1.807) is 0 Å². The fourth-order valence-electron chi connectivity index (χ4n) is 5.26. The molecule has 6 rings (SSSR count). The van der Waals surface area contributed by atoms with E-state index in [0.717, 1.165) is 61.3 Å². The van der Waals surface area contributed by atoms with Crippen LogP contribution in [0.3, 0.4) is 0 Å². The first-order valence-electron chi connectivity index (χ1n) is 11.0. The lowest BCUT2D eigenvalue weighted by Crippen LogP contribution is -2.38. The molecule has 1 aliphatic heterocycles. The van der Waals surface area contributed by atoms with E-state index in [-0.39, 0.29) is 5.91 Å². The highest BCUT2D eigenvalue weighted by molar-refractivity contribution is 6.06. The van der Waals surface area contributed by atoms with Crippen molar-refractivity contribution < 1.29 is 4.79 Å². The van der Waals surface area contributed by atoms with Crippen LogP contribution in [0.5, 0.6) is 0 Å². The van der Waals surface area contributed by atoms with Gasteiger partial charge in [-0.2, -0.15) is 0 Å². The molecule has 1 saturated heterocycles. The van der Waals surface area contributed by atoms with E-state index < -0.39 is 0 Å². The van der Waals surface area contributed by atoms with Gasteiger partial charge in [-0.25, -0.2) is 0 Å². The predicted molar refractivity (Wildman–Crippen MR) is 116 cm³/mol. The number of fused-ring (bicyclic) bond motifs is 4.